The first-order chi connectivity index (χ1) is 8.54. The number of halogens is 1. The average Bonchev–Trinajstić information content (AvgIpc) is 2.58. The molecular weight excluding hydrogens is 292 g/mol. The summed E-state index contributed by atoms with van der Waals surface area (Å²) in [6, 6.07) is 6.07. The van der Waals surface area contributed by atoms with Crippen LogP contribution in [0.4, 0.5) is 0 Å². The van der Waals surface area contributed by atoms with Crippen LogP contribution < -0.4 is 5.56 Å². The molecule has 0 aliphatic rings. The summed E-state index contributed by atoms with van der Waals surface area (Å²) in [5.41, 5.74) is 4.14. The van der Waals surface area contributed by atoms with Crippen molar-refractivity contribution in [3.05, 3.63) is 49.8 Å². The van der Waals surface area contributed by atoms with Gasteiger partial charge in [-0.3, -0.25) is 9.89 Å². The minimum absolute atomic E-state index is 0.0228. The molecule has 4 heteroatoms. The highest BCUT2D eigenvalue weighted by Gasteiger charge is 2.13. The highest BCUT2D eigenvalue weighted by Crippen LogP contribution is 2.17. The van der Waals surface area contributed by atoms with Gasteiger partial charge in [-0.2, -0.15) is 0 Å². The van der Waals surface area contributed by atoms with E-state index in [1.807, 2.05) is 26.0 Å². The lowest BCUT2D eigenvalue weighted by atomic mass is 10.1. The van der Waals surface area contributed by atoms with Crippen molar-refractivity contribution in [1.29, 1.82) is 0 Å². The minimum atomic E-state index is -0.0228. The molecule has 0 radical (unpaired) electrons. The number of aromatic nitrogens is 2. The molecule has 3 nitrogen and oxygen atoms in total. The molecule has 1 heterocycles. The van der Waals surface area contributed by atoms with E-state index in [0.29, 0.717) is 4.47 Å². The predicted molar refractivity (Wildman–Crippen MR) is 77.6 cm³/mol. The van der Waals surface area contributed by atoms with Gasteiger partial charge in [0, 0.05) is 0 Å². The van der Waals surface area contributed by atoms with Gasteiger partial charge in [-0.1, -0.05) is 31.0 Å². The third-order valence-corrected chi connectivity index (χ3v) is 3.81. The third-order valence-electron chi connectivity index (χ3n) is 3.00. The van der Waals surface area contributed by atoms with Crippen LogP contribution in [0.2, 0.25) is 0 Å². The van der Waals surface area contributed by atoms with Crippen LogP contribution in [0.1, 0.15) is 30.2 Å². The lowest BCUT2D eigenvalue weighted by molar-refractivity contribution is 0.789. The number of benzene rings is 1. The van der Waals surface area contributed by atoms with Crippen LogP contribution in [0.25, 0.3) is 5.69 Å². The normalized spacial score (nSPS) is 10.9. The maximum Gasteiger partial charge on any atom is 0.285 e. The third kappa shape index (κ3) is 2.29. The number of H-pyrrole nitrogens is 1. The Labute approximate surface area is 115 Å². The Morgan fingerprint density at radius 2 is 2.06 bits per heavy atom. The molecule has 0 atom stereocenters. The Balaban J connectivity index is 2.57. The molecule has 1 aromatic carbocycles. The van der Waals surface area contributed by atoms with Gasteiger partial charge in [-0.05, 0) is 47.8 Å². The van der Waals surface area contributed by atoms with Gasteiger partial charge in [0.15, 0.2) is 0 Å². The Morgan fingerprint density at radius 1 is 1.33 bits per heavy atom. The molecule has 2 rings (SSSR count). The second kappa shape index (κ2) is 5.14. The molecule has 0 aliphatic heterocycles. The largest absolute Gasteiger partial charge is 0.294 e. The lowest BCUT2D eigenvalue weighted by Crippen LogP contribution is -2.15. The van der Waals surface area contributed by atoms with E-state index in [2.05, 4.69) is 34.0 Å². The van der Waals surface area contributed by atoms with Crippen LogP contribution in [0.3, 0.4) is 0 Å². The molecular formula is C14H17BrN2O. The summed E-state index contributed by atoms with van der Waals surface area (Å²) in [4.78, 5) is 12.2. The summed E-state index contributed by atoms with van der Waals surface area (Å²) < 4.78 is 2.26. The molecule has 0 aliphatic carbocycles. The van der Waals surface area contributed by atoms with Gasteiger partial charge in [-0.15, -0.1) is 0 Å². The van der Waals surface area contributed by atoms with E-state index in [4.69, 9.17) is 0 Å². The number of nitrogens with zero attached hydrogens (tertiary/aromatic N) is 1. The number of aromatic amines is 1. The van der Waals surface area contributed by atoms with Gasteiger partial charge in [-0.25, -0.2) is 4.68 Å². The quantitative estimate of drug-likeness (QED) is 0.926. The first kappa shape index (κ1) is 13.1. The fourth-order valence-corrected chi connectivity index (χ4v) is 2.57. The smallest absolute Gasteiger partial charge is 0.285 e. The summed E-state index contributed by atoms with van der Waals surface area (Å²) in [5.74, 6) is 0. The molecule has 0 spiro atoms. The van der Waals surface area contributed by atoms with Crippen LogP contribution in [0.15, 0.2) is 27.5 Å². The number of aryl methyl sites for hydroxylation is 3. The number of nitrogens with one attached hydrogen (secondary N) is 1. The van der Waals surface area contributed by atoms with Gasteiger partial charge in [0.25, 0.3) is 5.56 Å². The monoisotopic (exact) mass is 308 g/mol. The first-order valence-corrected chi connectivity index (χ1v) is 6.91. The summed E-state index contributed by atoms with van der Waals surface area (Å²) >= 11 is 3.37. The summed E-state index contributed by atoms with van der Waals surface area (Å²) in [5, 5.41) is 3.18. The molecule has 1 aromatic heterocycles. The molecule has 0 unspecified atom stereocenters. The standard InChI is InChI=1S/C14H17BrN2O/c1-4-5-11-13(15)14(18)17(16-11)12-7-6-9(2)8-10(12)3/h6-8,16H,4-5H2,1-3H3. The summed E-state index contributed by atoms with van der Waals surface area (Å²) in [7, 11) is 0. The SMILES string of the molecule is CCCc1[nH]n(-c2ccc(C)cc2C)c(=O)c1Br. The van der Waals surface area contributed by atoms with E-state index in [0.717, 1.165) is 29.8 Å². The maximum absolute atomic E-state index is 12.2. The second-order valence-corrected chi connectivity index (χ2v) is 5.38. The van der Waals surface area contributed by atoms with Crippen molar-refractivity contribution in [2.75, 3.05) is 0 Å². The molecule has 96 valence electrons. The van der Waals surface area contributed by atoms with Crippen molar-refractivity contribution in [3.8, 4) is 5.69 Å². The molecule has 1 N–H and O–H groups in total. The van der Waals surface area contributed by atoms with Crippen LogP contribution in [0.5, 0.6) is 0 Å². The predicted octanol–water partition coefficient (Wildman–Crippen LogP) is 3.50. The Hall–Kier alpha value is -1.29. The van der Waals surface area contributed by atoms with Gasteiger partial charge in [0.2, 0.25) is 0 Å². The number of rotatable bonds is 3. The highest BCUT2D eigenvalue weighted by atomic mass is 79.9. The fraction of sp³-hybridized carbons (Fsp3) is 0.357. The van der Waals surface area contributed by atoms with Gasteiger partial charge >= 0.3 is 0 Å². The van der Waals surface area contributed by atoms with Gasteiger partial charge in [0.1, 0.15) is 4.47 Å². The molecule has 2 aromatic rings. The molecule has 0 saturated carbocycles. The fourth-order valence-electron chi connectivity index (χ4n) is 2.10. The van der Waals surface area contributed by atoms with E-state index < -0.39 is 0 Å². The zero-order valence-corrected chi connectivity index (χ0v) is 12.5. The van der Waals surface area contributed by atoms with E-state index in [1.54, 1.807) is 4.68 Å². The van der Waals surface area contributed by atoms with Crippen molar-refractivity contribution in [2.45, 2.75) is 33.6 Å². The van der Waals surface area contributed by atoms with Crippen molar-refractivity contribution in [2.24, 2.45) is 0 Å². The van der Waals surface area contributed by atoms with Crippen LogP contribution in [0, 0.1) is 13.8 Å². The Kier molecular flexibility index (Phi) is 3.76. The lowest BCUT2D eigenvalue weighted by Gasteiger charge is -2.07. The van der Waals surface area contributed by atoms with Crippen LogP contribution in [-0.4, -0.2) is 9.78 Å². The van der Waals surface area contributed by atoms with Crippen molar-refractivity contribution >= 4 is 15.9 Å². The zero-order chi connectivity index (χ0) is 13.3. The minimum Gasteiger partial charge on any atom is -0.294 e. The van der Waals surface area contributed by atoms with Crippen LogP contribution in [-0.2, 0) is 6.42 Å². The van der Waals surface area contributed by atoms with Crippen molar-refractivity contribution in [1.82, 2.24) is 9.78 Å². The van der Waals surface area contributed by atoms with Crippen LogP contribution >= 0.6 is 15.9 Å². The Bertz CT molecular complexity index is 625. The molecule has 0 fully saturated rings. The molecule has 0 saturated heterocycles. The topological polar surface area (TPSA) is 37.8 Å². The maximum atomic E-state index is 12.2. The number of hydrogen-bond donors (Lipinski definition) is 1. The summed E-state index contributed by atoms with van der Waals surface area (Å²) in [6.07, 6.45) is 1.87. The van der Waals surface area contributed by atoms with E-state index in [-0.39, 0.29) is 5.56 Å². The van der Waals surface area contributed by atoms with E-state index in [1.165, 1.54) is 5.56 Å². The van der Waals surface area contributed by atoms with Crippen molar-refractivity contribution < 1.29 is 0 Å². The van der Waals surface area contributed by atoms with E-state index >= 15 is 0 Å². The zero-order valence-electron chi connectivity index (χ0n) is 10.9. The van der Waals surface area contributed by atoms with E-state index in [9.17, 15) is 4.79 Å². The van der Waals surface area contributed by atoms with Gasteiger partial charge < -0.3 is 0 Å². The Morgan fingerprint density at radius 3 is 2.67 bits per heavy atom. The molecule has 0 bridgehead atoms. The first-order valence-electron chi connectivity index (χ1n) is 6.11. The summed E-state index contributed by atoms with van der Waals surface area (Å²) in [6.45, 7) is 6.16. The van der Waals surface area contributed by atoms with Crippen molar-refractivity contribution in [3.63, 3.8) is 0 Å². The van der Waals surface area contributed by atoms with Gasteiger partial charge in [0.05, 0.1) is 11.4 Å². The molecule has 0 amide bonds. The number of hydrogen-bond acceptors (Lipinski definition) is 1. The highest BCUT2D eigenvalue weighted by molar-refractivity contribution is 9.10. The molecule has 18 heavy (non-hydrogen) atoms. The second-order valence-electron chi connectivity index (χ2n) is 4.58. The average molecular weight is 309 g/mol.